The van der Waals surface area contributed by atoms with Gasteiger partial charge in [-0.1, -0.05) is 61.4 Å². The topological polar surface area (TPSA) is 120 Å². The molecule has 1 unspecified atom stereocenters. The minimum absolute atomic E-state index is 0.0473. The van der Waals surface area contributed by atoms with E-state index in [4.69, 9.17) is 11.1 Å². The van der Waals surface area contributed by atoms with Crippen LogP contribution in [0, 0.1) is 5.41 Å². The van der Waals surface area contributed by atoms with Gasteiger partial charge in [-0.3, -0.25) is 10.2 Å². The van der Waals surface area contributed by atoms with Crippen molar-refractivity contribution in [1.29, 1.82) is 5.41 Å². The van der Waals surface area contributed by atoms with Crippen LogP contribution in [0.1, 0.15) is 36.8 Å². The summed E-state index contributed by atoms with van der Waals surface area (Å²) in [7, 11) is 1.55. The average Bonchev–Trinajstić information content (AvgIpc) is 3.42. The summed E-state index contributed by atoms with van der Waals surface area (Å²) in [6, 6.07) is 16.9. The molecule has 8 nitrogen and oxygen atoms in total. The van der Waals surface area contributed by atoms with Crippen LogP contribution in [-0.4, -0.2) is 58.3 Å². The first-order valence-corrected chi connectivity index (χ1v) is 14.0. The Balaban J connectivity index is 1.70. The van der Waals surface area contributed by atoms with Gasteiger partial charge in [0, 0.05) is 49.2 Å². The molecule has 4 N–H and O–H groups in total. The lowest BCUT2D eigenvalue weighted by molar-refractivity contribution is -0.133. The van der Waals surface area contributed by atoms with Gasteiger partial charge in [0.05, 0.1) is 4.90 Å². The van der Waals surface area contributed by atoms with Crippen LogP contribution in [0.3, 0.4) is 0 Å². The first-order valence-electron chi connectivity index (χ1n) is 12.5. The predicted molar refractivity (Wildman–Crippen MR) is 149 cm³/mol. The highest BCUT2D eigenvalue weighted by Crippen LogP contribution is 2.30. The maximum absolute atomic E-state index is 13.8. The van der Waals surface area contributed by atoms with Gasteiger partial charge in [-0.05, 0) is 37.0 Å². The third-order valence-corrected chi connectivity index (χ3v) is 8.68. The molecule has 3 aromatic rings. The zero-order chi connectivity index (χ0) is 26.7. The Hall–Kier alpha value is -3.43. The molecule has 0 bridgehead atoms. The number of hydrogen-bond acceptors (Lipinski definition) is 5. The summed E-state index contributed by atoms with van der Waals surface area (Å²) in [6.45, 7) is 0. The van der Waals surface area contributed by atoms with Crippen LogP contribution in [0.5, 0.6) is 0 Å². The molecule has 0 aliphatic heterocycles. The Morgan fingerprint density at radius 2 is 1.62 bits per heavy atom. The fraction of sp³-hybridized carbons (Fsp3) is 0.357. The smallest absolute Gasteiger partial charge is 0.241 e. The molecule has 0 spiro atoms. The number of anilines is 1. The lowest BCUT2D eigenvalue weighted by atomic mass is 10.0. The maximum atomic E-state index is 13.8. The number of carbonyl (C=O) groups excluding carboxylic acids is 1. The molecule has 0 radical (unpaired) electrons. The summed E-state index contributed by atoms with van der Waals surface area (Å²) >= 11 is 0. The fourth-order valence-electron chi connectivity index (χ4n) is 5.09. The highest BCUT2D eigenvalue weighted by atomic mass is 32.2. The van der Waals surface area contributed by atoms with E-state index in [2.05, 4.69) is 4.72 Å². The molecule has 1 atom stereocenters. The number of hydrogen-bond donors (Lipinski definition) is 3. The van der Waals surface area contributed by atoms with Crippen molar-refractivity contribution < 1.29 is 13.2 Å². The second-order valence-electron chi connectivity index (χ2n) is 9.90. The molecule has 9 heteroatoms. The van der Waals surface area contributed by atoms with Crippen LogP contribution in [0.25, 0.3) is 10.8 Å². The van der Waals surface area contributed by atoms with Gasteiger partial charge in [-0.15, -0.1) is 0 Å². The van der Waals surface area contributed by atoms with Crippen molar-refractivity contribution in [2.75, 3.05) is 26.0 Å². The van der Waals surface area contributed by atoms with E-state index in [0.717, 1.165) is 42.3 Å². The molecule has 0 saturated heterocycles. The zero-order valence-corrected chi connectivity index (χ0v) is 22.4. The first kappa shape index (κ1) is 26.6. The van der Waals surface area contributed by atoms with Crippen LogP contribution in [-0.2, 0) is 21.2 Å². The Bertz CT molecular complexity index is 1400. The van der Waals surface area contributed by atoms with Crippen LogP contribution in [0.15, 0.2) is 65.6 Å². The Morgan fingerprint density at radius 1 is 1.00 bits per heavy atom. The van der Waals surface area contributed by atoms with Crippen molar-refractivity contribution in [3.63, 3.8) is 0 Å². The molecule has 196 valence electrons. The van der Waals surface area contributed by atoms with E-state index in [-0.39, 0.29) is 29.1 Å². The summed E-state index contributed by atoms with van der Waals surface area (Å²) in [4.78, 5) is 17.5. The fourth-order valence-corrected chi connectivity index (χ4v) is 6.50. The van der Waals surface area contributed by atoms with E-state index in [0.29, 0.717) is 10.9 Å². The highest BCUT2D eigenvalue weighted by Gasteiger charge is 2.32. The zero-order valence-electron chi connectivity index (χ0n) is 21.6. The number of nitrogens with two attached hydrogens (primary N) is 1. The summed E-state index contributed by atoms with van der Waals surface area (Å²) in [6.07, 6.45) is 4.16. The minimum atomic E-state index is -4.04. The number of nitrogen functional groups attached to an aromatic ring is 1. The van der Waals surface area contributed by atoms with E-state index in [9.17, 15) is 13.2 Å². The number of fused-ring (bicyclic) bond motifs is 1. The van der Waals surface area contributed by atoms with E-state index >= 15 is 0 Å². The SMILES string of the molecule is CN(C)c1cccc2c(S(=O)(=O)NC(Cc3ccc(C(=N)N)cc3)C(=O)N(C)C3CCCC3)cccc12. The van der Waals surface area contributed by atoms with Gasteiger partial charge >= 0.3 is 0 Å². The number of rotatable bonds is 9. The van der Waals surface area contributed by atoms with E-state index in [1.807, 2.05) is 37.2 Å². The number of carbonyl (C=O) groups is 1. The third kappa shape index (κ3) is 5.78. The number of sulfonamides is 1. The number of benzene rings is 3. The predicted octanol–water partition coefficient (Wildman–Crippen LogP) is 3.48. The van der Waals surface area contributed by atoms with Gasteiger partial charge in [0.1, 0.15) is 11.9 Å². The van der Waals surface area contributed by atoms with Crippen LogP contribution in [0.4, 0.5) is 5.69 Å². The molecule has 4 rings (SSSR count). The van der Waals surface area contributed by atoms with Gasteiger partial charge in [-0.2, -0.15) is 4.72 Å². The second-order valence-corrected chi connectivity index (χ2v) is 11.6. The van der Waals surface area contributed by atoms with Crippen molar-refractivity contribution in [2.24, 2.45) is 5.73 Å². The molecule has 3 aromatic carbocycles. The quantitative estimate of drug-likeness (QED) is 0.294. The largest absolute Gasteiger partial charge is 0.384 e. The number of amidine groups is 1. The molecule has 1 aliphatic carbocycles. The summed E-state index contributed by atoms with van der Waals surface area (Å²) in [5.74, 6) is -0.297. The Labute approximate surface area is 219 Å². The highest BCUT2D eigenvalue weighted by molar-refractivity contribution is 7.89. The summed E-state index contributed by atoms with van der Waals surface area (Å²) in [5, 5.41) is 9.03. The van der Waals surface area contributed by atoms with Gasteiger partial charge in [-0.25, -0.2) is 8.42 Å². The summed E-state index contributed by atoms with van der Waals surface area (Å²) < 4.78 is 30.3. The van der Waals surface area contributed by atoms with Crippen molar-refractivity contribution >= 4 is 38.2 Å². The van der Waals surface area contributed by atoms with Crippen LogP contribution < -0.4 is 15.4 Å². The molecule has 1 fully saturated rings. The van der Waals surface area contributed by atoms with E-state index in [1.165, 1.54) is 0 Å². The number of nitrogens with one attached hydrogen (secondary N) is 2. The molecule has 1 amide bonds. The van der Waals surface area contributed by atoms with Gasteiger partial charge in [0.15, 0.2) is 0 Å². The monoisotopic (exact) mass is 521 g/mol. The van der Waals surface area contributed by atoms with E-state index < -0.39 is 16.1 Å². The van der Waals surface area contributed by atoms with Crippen molar-refractivity contribution in [3.05, 3.63) is 71.8 Å². The van der Waals surface area contributed by atoms with Gasteiger partial charge in [0.2, 0.25) is 15.9 Å². The van der Waals surface area contributed by atoms with Crippen molar-refractivity contribution in [2.45, 2.75) is 49.1 Å². The Morgan fingerprint density at radius 3 is 2.24 bits per heavy atom. The lowest BCUT2D eigenvalue weighted by Gasteiger charge is -2.29. The van der Waals surface area contributed by atoms with Crippen LogP contribution in [0.2, 0.25) is 0 Å². The van der Waals surface area contributed by atoms with Crippen molar-refractivity contribution in [3.8, 4) is 0 Å². The Kier molecular flexibility index (Phi) is 7.85. The molecule has 1 saturated carbocycles. The lowest BCUT2D eigenvalue weighted by Crippen LogP contribution is -2.50. The molecular weight excluding hydrogens is 486 g/mol. The summed E-state index contributed by atoms with van der Waals surface area (Å²) in [5.41, 5.74) is 7.83. The number of nitrogens with zero attached hydrogens (tertiary/aromatic N) is 2. The number of amides is 1. The minimum Gasteiger partial charge on any atom is -0.384 e. The van der Waals surface area contributed by atoms with Crippen molar-refractivity contribution in [1.82, 2.24) is 9.62 Å². The molecular formula is C28H35N5O3S. The normalized spacial score (nSPS) is 15.0. The average molecular weight is 522 g/mol. The molecule has 1 aliphatic rings. The van der Waals surface area contributed by atoms with Crippen LogP contribution >= 0.6 is 0 Å². The molecule has 37 heavy (non-hydrogen) atoms. The maximum Gasteiger partial charge on any atom is 0.241 e. The first-order chi connectivity index (χ1) is 17.6. The molecule has 0 heterocycles. The van der Waals surface area contributed by atoms with Gasteiger partial charge < -0.3 is 15.5 Å². The standard InChI is InChI=1S/C28H35N5O3S/c1-32(2)25-12-6-11-23-22(25)10-7-13-26(23)37(35,36)31-24(28(34)33(3)21-8-4-5-9-21)18-19-14-16-20(17-15-19)27(29)30/h6-7,10-17,21,24,31H,4-5,8-9,18H2,1-3H3,(H3,29,30). The molecule has 0 aromatic heterocycles. The second kappa shape index (κ2) is 10.9. The van der Waals surface area contributed by atoms with Gasteiger partial charge in [0.25, 0.3) is 0 Å². The third-order valence-electron chi connectivity index (χ3n) is 7.15. The number of likely N-dealkylation sites (N-methyl/N-ethyl adjacent to an activating group) is 1. The van der Waals surface area contributed by atoms with E-state index in [1.54, 1.807) is 54.4 Å².